The molecule has 5 heteroatoms. The molecule has 0 unspecified atom stereocenters. The number of aromatic nitrogens is 2. The highest BCUT2D eigenvalue weighted by Crippen LogP contribution is 2.17. The molecule has 0 aliphatic carbocycles. The van der Waals surface area contributed by atoms with Gasteiger partial charge < -0.3 is 10.1 Å². The molecule has 0 aliphatic heterocycles. The average molecular weight is 221 g/mol. The Morgan fingerprint density at radius 3 is 2.56 bits per heavy atom. The molecule has 1 aromatic heterocycles. The van der Waals surface area contributed by atoms with E-state index in [0.717, 1.165) is 6.29 Å². The topological polar surface area (TPSA) is 72.0 Å². The fraction of sp³-hybridized carbons (Fsp3) is 0.455. The highest BCUT2D eigenvalue weighted by atomic mass is 16.2. The molecule has 1 atom stereocenters. The predicted octanol–water partition coefficient (Wildman–Crippen LogP) is 0.820. The van der Waals surface area contributed by atoms with Gasteiger partial charge in [0.05, 0.1) is 12.2 Å². The maximum absolute atomic E-state index is 11.7. The first-order valence-corrected chi connectivity index (χ1v) is 4.97. The van der Waals surface area contributed by atoms with Crippen molar-refractivity contribution in [2.75, 3.05) is 0 Å². The van der Waals surface area contributed by atoms with E-state index in [1.807, 2.05) is 20.8 Å². The summed E-state index contributed by atoms with van der Waals surface area (Å²) in [6.07, 6.45) is 5.01. The Hall–Kier alpha value is -1.78. The van der Waals surface area contributed by atoms with Crippen molar-refractivity contribution < 1.29 is 9.59 Å². The fourth-order valence-electron chi connectivity index (χ4n) is 1.09. The van der Waals surface area contributed by atoms with E-state index in [-0.39, 0.29) is 17.0 Å². The van der Waals surface area contributed by atoms with Gasteiger partial charge in [-0.1, -0.05) is 20.8 Å². The number of aldehydes is 1. The molecule has 0 aliphatic rings. The lowest BCUT2D eigenvalue weighted by Gasteiger charge is -2.26. The molecule has 0 spiro atoms. The van der Waals surface area contributed by atoms with E-state index < -0.39 is 6.04 Å². The molecule has 0 fully saturated rings. The minimum atomic E-state index is -0.540. The van der Waals surface area contributed by atoms with Gasteiger partial charge in [0, 0.05) is 12.4 Å². The van der Waals surface area contributed by atoms with Crippen LogP contribution in [0.5, 0.6) is 0 Å². The fourth-order valence-corrected chi connectivity index (χ4v) is 1.09. The van der Waals surface area contributed by atoms with E-state index in [1.165, 1.54) is 18.6 Å². The van der Waals surface area contributed by atoms with Crippen LogP contribution in [0.25, 0.3) is 0 Å². The van der Waals surface area contributed by atoms with Crippen LogP contribution >= 0.6 is 0 Å². The predicted molar refractivity (Wildman–Crippen MR) is 58.8 cm³/mol. The highest BCUT2D eigenvalue weighted by molar-refractivity contribution is 5.93. The molecule has 0 aromatic carbocycles. The van der Waals surface area contributed by atoms with Gasteiger partial charge in [-0.3, -0.25) is 9.78 Å². The Morgan fingerprint density at radius 2 is 2.12 bits per heavy atom. The second-order valence-electron chi connectivity index (χ2n) is 4.54. The lowest BCUT2D eigenvalue weighted by molar-refractivity contribution is -0.111. The van der Waals surface area contributed by atoms with Crippen molar-refractivity contribution in [3.05, 3.63) is 24.3 Å². The third-order valence-electron chi connectivity index (χ3n) is 2.15. The van der Waals surface area contributed by atoms with Gasteiger partial charge in [-0.05, 0) is 5.41 Å². The second kappa shape index (κ2) is 4.83. The minimum Gasteiger partial charge on any atom is -0.341 e. The molecule has 1 heterocycles. The number of amides is 1. The third kappa shape index (κ3) is 3.12. The number of carbonyl (C=O) groups is 2. The summed E-state index contributed by atoms with van der Waals surface area (Å²) in [5.41, 5.74) is -0.113. The maximum atomic E-state index is 11.7. The van der Waals surface area contributed by atoms with E-state index in [0.29, 0.717) is 0 Å². The monoisotopic (exact) mass is 221 g/mol. The Bertz CT molecular complexity index is 371. The number of carbonyl (C=O) groups excluding carboxylic acids is 2. The Morgan fingerprint density at radius 1 is 1.44 bits per heavy atom. The highest BCUT2D eigenvalue weighted by Gasteiger charge is 2.26. The van der Waals surface area contributed by atoms with Crippen molar-refractivity contribution in [3.8, 4) is 0 Å². The summed E-state index contributed by atoms with van der Waals surface area (Å²) in [4.78, 5) is 30.2. The van der Waals surface area contributed by atoms with Gasteiger partial charge in [0.2, 0.25) is 0 Å². The van der Waals surface area contributed by atoms with E-state index in [1.54, 1.807) is 0 Å². The summed E-state index contributed by atoms with van der Waals surface area (Å²) >= 11 is 0. The van der Waals surface area contributed by atoms with Gasteiger partial charge in [-0.2, -0.15) is 0 Å². The third-order valence-corrected chi connectivity index (χ3v) is 2.15. The minimum absolute atomic E-state index is 0.207. The number of hydrogen-bond donors (Lipinski definition) is 1. The molecule has 1 aromatic rings. The van der Waals surface area contributed by atoms with Crippen LogP contribution in [0, 0.1) is 5.41 Å². The van der Waals surface area contributed by atoms with Crippen molar-refractivity contribution in [1.29, 1.82) is 0 Å². The van der Waals surface area contributed by atoms with E-state index >= 15 is 0 Å². The molecule has 86 valence electrons. The van der Waals surface area contributed by atoms with Crippen molar-refractivity contribution in [2.24, 2.45) is 5.41 Å². The average Bonchev–Trinajstić information content (AvgIpc) is 2.25. The normalized spacial score (nSPS) is 12.9. The van der Waals surface area contributed by atoms with Gasteiger partial charge in [0.1, 0.15) is 12.0 Å². The van der Waals surface area contributed by atoms with Crippen LogP contribution in [0.2, 0.25) is 0 Å². The van der Waals surface area contributed by atoms with Gasteiger partial charge >= 0.3 is 0 Å². The zero-order valence-electron chi connectivity index (χ0n) is 9.60. The summed E-state index contributed by atoms with van der Waals surface area (Å²) in [7, 11) is 0. The summed E-state index contributed by atoms with van der Waals surface area (Å²) in [6, 6.07) is -0.540. The van der Waals surface area contributed by atoms with Crippen LogP contribution in [0.4, 0.5) is 0 Å². The van der Waals surface area contributed by atoms with Gasteiger partial charge in [0.15, 0.2) is 0 Å². The quantitative estimate of drug-likeness (QED) is 0.767. The Balaban J connectivity index is 2.75. The molecule has 0 saturated carbocycles. The van der Waals surface area contributed by atoms with Crippen molar-refractivity contribution in [3.63, 3.8) is 0 Å². The Labute approximate surface area is 94.3 Å². The smallest absolute Gasteiger partial charge is 0.272 e. The number of hydrogen-bond acceptors (Lipinski definition) is 4. The zero-order valence-corrected chi connectivity index (χ0v) is 9.60. The molecule has 16 heavy (non-hydrogen) atoms. The van der Waals surface area contributed by atoms with Crippen LogP contribution in [-0.4, -0.2) is 28.2 Å². The lowest BCUT2D eigenvalue weighted by atomic mass is 9.87. The van der Waals surface area contributed by atoms with Crippen LogP contribution in [0.15, 0.2) is 18.6 Å². The van der Waals surface area contributed by atoms with Crippen LogP contribution in [-0.2, 0) is 4.79 Å². The maximum Gasteiger partial charge on any atom is 0.272 e. The van der Waals surface area contributed by atoms with Crippen LogP contribution in [0.3, 0.4) is 0 Å². The van der Waals surface area contributed by atoms with Crippen molar-refractivity contribution in [1.82, 2.24) is 15.3 Å². The van der Waals surface area contributed by atoms with Crippen LogP contribution < -0.4 is 5.32 Å². The zero-order chi connectivity index (χ0) is 12.2. The van der Waals surface area contributed by atoms with Gasteiger partial charge in [-0.25, -0.2) is 4.98 Å². The molecule has 0 radical (unpaired) electrons. The SMILES string of the molecule is CC(C)(C)[C@@H](C=O)NC(=O)c1cnccn1. The number of nitrogens with zero attached hydrogens (tertiary/aromatic N) is 2. The largest absolute Gasteiger partial charge is 0.341 e. The summed E-state index contributed by atoms with van der Waals surface area (Å²) in [5, 5.41) is 2.61. The van der Waals surface area contributed by atoms with Crippen LogP contribution in [0.1, 0.15) is 31.3 Å². The van der Waals surface area contributed by atoms with E-state index in [4.69, 9.17) is 0 Å². The lowest BCUT2D eigenvalue weighted by Crippen LogP contribution is -2.45. The van der Waals surface area contributed by atoms with E-state index in [9.17, 15) is 9.59 Å². The number of nitrogens with one attached hydrogen (secondary N) is 1. The molecule has 0 saturated heterocycles. The summed E-state index contributed by atoms with van der Waals surface area (Å²) in [6.45, 7) is 5.63. The molecule has 1 rings (SSSR count). The standard InChI is InChI=1S/C11H15N3O2/c1-11(2,3)9(7-15)14-10(16)8-6-12-4-5-13-8/h4-7,9H,1-3H3,(H,14,16)/t9-/m1/s1. The number of rotatable bonds is 3. The van der Waals surface area contributed by atoms with Crippen molar-refractivity contribution in [2.45, 2.75) is 26.8 Å². The first-order valence-electron chi connectivity index (χ1n) is 4.97. The molecule has 0 bridgehead atoms. The molecule has 5 nitrogen and oxygen atoms in total. The Kier molecular flexibility index (Phi) is 3.71. The van der Waals surface area contributed by atoms with Gasteiger partial charge in [-0.15, -0.1) is 0 Å². The first-order chi connectivity index (χ1) is 7.45. The summed E-state index contributed by atoms with van der Waals surface area (Å²) < 4.78 is 0. The summed E-state index contributed by atoms with van der Waals surface area (Å²) in [5.74, 6) is -0.389. The molecular formula is C11H15N3O2. The molecule has 1 amide bonds. The molecular weight excluding hydrogens is 206 g/mol. The molecule has 1 N–H and O–H groups in total. The first kappa shape index (κ1) is 12.3. The van der Waals surface area contributed by atoms with E-state index in [2.05, 4.69) is 15.3 Å². The van der Waals surface area contributed by atoms with Gasteiger partial charge in [0.25, 0.3) is 5.91 Å². The van der Waals surface area contributed by atoms with Crippen molar-refractivity contribution >= 4 is 12.2 Å². The second-order valence-corrected chi connectivity index (χ2v) is 4.54.